The molecule has 2 unspecified atom stereocenters. The third-order valence-corrected chi connectivity index (χ3v) is 2.71. The van der Waals surface area contributed by atoms with Crippen molar-refractivity contribution in [1.82, 2.24) is 10.6 Å². The van der Waals surface area contributed by atoms with Crippen molar-refractivity contribution < 1.29 is 9.15 Å². The fourth-order valence-corrected chi connectivity index (χ4v) is 1.93. The van der Waals surface area contributed by atoms with Crippen molar-refractivity contribution in [2.24, 2.45) is 0 Å². The number of aryl methyl sites for hydroxylation is 1. The van der Waals surface area contributed by atoms with Gasteiger partial charge >= 0.3 is 0 Å². The van der Waals surface area contributed by atoms with E-state index in [1.54, 1.807) is 0 Å². The van der Waals surface area contributed by atoms with Gasteiger partial charge in [-0.3, -0.25) is 0 Å². The zero-order valence-corrected chi connectivity index (χ0v) is 9.25. The first-order valence-electron chi connectivity index (χ1n) is 5.37. The van der Waals surface area contributed by atoms with E-state index in [0.29, 0.717) is 0 Å². The Labute approximate surface area is 90.0 Å². The summed E-state index contributed by atoms with van der Waals surface area (Å²) in [5, 5.41) is 6.56. The molecular weight excluding hydrogens is 192 g/mol. The molecule has 0 aromatic carbocycles. The van der Waals surface area contributed by atoms with E-state index in [9.17, 15) is 0 Å². The van der Waals surface area contributed by atoms with Gasteiger partial charge in [0.1, 0.15) is 11.5 Å². The fraction of sp³-hybridized carbons (Fsp3) is 0.636. The lowest BCUT2D eigenvalue weighted by atomic mass is 10.1. The van der Waals surface area contributed by atoms with Crippen molar-refractivity contribution in [1.29, 1.82) is 0 Å². The van der Waals surface area contributed by atoms with Crippen LogP contribution >= 0.6 is 0 Å². The highest BCUT2D eigenvalue weighted by Crippen LogP contribution is 2.21. The predicted octanol–water partition coefficient (Wildman–Crippen LogP) is 0.837. The molecular formula is C11H18N2O2. The molecule has 0 radical (unpaired) electrons. The second-order valence-electron chi connectivity index (χ2n) is 3.83. The lowest BCUT2D eigenvalue weighted by Crippen LogP contribution is -2.45. The third-order valence-electron chi connectivity index (χ3n) is 2.71. The van der Waals surface area contributed by atoms with Gasteiger partial charge in [0.25, 0.3) is 0 Å². The number of rotatable bonds is 3. The van der Waals surface area contributed by atoms with E-state index in [0.717, 1.165) is 31.2 Å². The molecule has 1 aromatic rings. The predicted molar refractivity (Wildman–Crippen MR) is 57.9 cm³/mol. The highest BCUT2D eigenvalue weighted by atomic mass is 16.5. The van der Waals surface area contributed by atoms with Crippen molar-refractivity contribution in [3.8, 4) is 0 Å². The second-order valence-corrected chi connectivity index (χ2v) is 3.83. The maximum absolute atomic E-state index is 5.71. The van der Waals surface area contributed by atoms with Crippen LogP contribution in [0.2, 0.25) is 0 Å². The summed E-state index contributed by atoms with van der Waals surface area (Å²) < 4.78 is 11.3. The highest BCUT2D eigenvalue weighted by molar-refractivity contribution is 5.11. The minimum atomic E-state index is 0.131. The first-order chi connectivity index (χ1) is 7.31. The first-order valence-corrected chi connectivity index (χ1v) is 5.37. The van der Waals surface area contributed by atoms with E-state index in [4.69, 9.17) is 9.15 Å². The summed E-state index contributed by atoms with van der Waals surface area (Å²) in [6, 6.07) is 4.12. The van der Waals surface area contributed by atoms with Crippen LogP contribution in [0.25, 0.3) is 0 Å². The van der Waals surface area contributed by atoms with Gasteiger partial charge < -0.3 is 19.8 Å². The molecule has 0 spiro atoms. The minimum absolute atomic E-state index is 0.131. The fourth-order valence-electron chi connectivity index (χ4n) is 1.93. The van der Waals surface area contributed by atoms with Crippen LogP contribution in [0.4, 0.5) is 0 Å². The standard InChI is InChI=1S/C11H18N2O2/c1-8-3-4-9(15-8)11(12-2)10-7-13-5-6-14-10/h3-4,10-13H,5-7H2,1-2H3. The van der Waals surface area contributed by atoms with Gasteiger partial charge in [-0.05, 0) is 26.1 Å². The lowest BCUT2D eigenvalue weighted by molar-refractivity contribution is 0.000724. The number of hydrogen-bond acceptors (Lipinski definition) is 4. The summed E-state index contributed by atoms with van der Waals surface area (Å²) in [5.41, 5.74) is 0. The SMILES string of the molecule is CNC(c1ccc(C)o1)C1CNCCO1. The summed E-state index contributed by atoms with van der Waals surface area (Å²) in [5.74, 6) is 1.89. The number of nitrogens with one attached hydrogen (secondary N) is 2. The van der Waals surface area contributed by atoms with Gasteiger partial charge in [0.2, 0.25) is 0 Å². The number of morpholine rings is 1. The van der Waals surface area contributed by atoms with E-state index in [1.165, 1.54) is 0 Å². The van der Waals surface area contributed by atoms with Crippen LogP contribution in [-0.4, -0.2) is 32.8 Å². The lowest BCUT2D eigenvalue weighted by Gasteiger charge is -2.29. The number of ether oxygens (including phenoxy) is 1. The molecule has 4 nitrogen and oxygen atoms in total. The molecule has 2 N–H and O–H groups in total. The normalized spacial score (nSPS) is 24.0. The van der Waals surface area contributed by atoms with E-state index >= 15 is 0 Å². The van der Waals surface area contributed by atoms with Crippen LogP contribution < -0.4 is 10.6 Å². The Morgan fingerprint density at radius 1 is 1.53 bits per heavy atom. The van der Waals surface area contributed by atoms with Crippen molar-refractivity contribution in [3.63, 3.8) is 0 Å². The van der Waals surface area contributed by atoms with E-state index in [1.807, 2.05) is 26.1 Å². The van der Waals surface area contributed by atoms with Crippen LogP contribution in [0.3, 0.4) is 0 Å². The Bertz CT molecular complexity index is 305. The molecule has 0 aliphatic carbocycles. The Kier molecular flexibility index (Phi) is 3.41. The summed E-state index contributed by atoms with van der Waals surface area (Å²) >= 11 is 0. The van der Waals surface area contributed by atoms with Gasteiger partial charge in [-0.15, -0.1) is 0 Å². The van der Waals surface area contributed by atoms with Crippen LogP contribution in [0.5, 0.6) is 0 Å². The van der Waals surface area contributed by atoms with Gasteiger partial charge in [-0.1, -0.05) is 0 Å². The van der Waals surface area contributed by atoms with Gasteiger partial charge in [0.05, 0.1) is 18.8 Å². The maximum atomic E-state index is 5.71. The van der Waals surface area contributed by atoms with Crippen molar-refractivity contribution in [2.45, 2.75) is 19.1 Å². The molecule has 0 saturated carbocycles. The van der Waals surface area contributed by atoms with Gasteiger partial charge in [-0.2, -0.15) is 0 Å². The molecule has 2 atom stereocenters. The minimum Gasteiger partial charge on any atom is -0.465 e. The summed E-state index contributed by atoms with van der Waals surface area (Å²) in [4.78, 5) is 0. The Morgan fingerprint density at radius 2 is 2.40 bits per heavy atom. The molecule has 1 fully saturated rings. The molecule has 2 heterocycles. The largest absolute Gasteiger partial charge is 0.465 e. The molecule has 2 rings (SSSR count). The van der Waals surface area contributed by atoms with Gasteiger partial charge in [-0.25, -0.2) is 0 Å². The average molecular weight is 210 g/mol. The second kappa shape index (κ2) is 4.79. The summed E-state index contributed by atoms with van der Waals surface area (Å²) in [6.07, 6.45) is 0.147. The first kappa shape index (κ1) is 10.7. The maximum Gasteiger partial charge on any atom is 0.123 e. The third kappa shape index (κ3) is 2.40. The summed E-state index contributed by atoms with van der Waals surface area (Å²) in [7, 11) is 1.93. The van der Waals surface area contributed by atoms with E-state index < -0.39 is 0 Å². The van der Waals surface area contributed by atoms with E-state index in [-0.39, 0.29) is 12.1 Å². The zero-order valence-electron chi connectivity index (χ0n) is 9.25. The van der Waals surface area contributed by atoms with Gasteiger partial charge in [0.15, 0.2) is 0 Å². The molecule has 1 aromatic heterocycles. The monoisotopic (exact) mass is 210 g/mol. The topological polar surface area (TPSA) is 46.4 Å². The Morgan fingerprint density at radius 3 is 2.93 bits per heavy atom. The Hall–Kier alpha value is -0.840. The van der Waals surface area contributed by atoms with Crippen LogP contribution in [0, 0.1) is 6.92 Å². The van der Waals surface area contributed by atoms with Crippen molar-refractivity contribution in [3.05, 3.63) is 23.7 Å². The van der Waals surface area contributed by atoms with Crippen molar-refractivity contribution >= 4 is 0 Å². The number of hydrogen-bond donors (Lipinski definition) is 2. The molecule has 15 heavy (non-hydrogen) atoms. The zero-order chi connectivity index (χ0) is 10.7. The number of likely N-dealkylation sites (N-methyl/N-ethyl adjacent to an activating group) is 1. The molecule has 1 aliphatic rings. The molecule has 4 heteroatoms. The quantitative estimate of drug-likeness (QED) is 0.776. The molecule has 1 saturated heterocycles. The van der Waals surface area contributed by atoms with Crippen molar-refractivity contribution in [2.75, 3.05) is 26.7 Å². The molecule has 1 aliphatic heterocycles. The van der Waals surface area contributed by atoms with Crippen LogP contribution in [0.15, 0.2) is 16.5 Å². The van der Waals surface area contributed by atoms with Gasteiger partial charge in [0, 0.05) is 13.1 Å². The average Bonchev–Trinajstić information content (AvgIpc) is 2.68. The summed E-state index contributed by atoms with van der Waals surface area (Å²) in [6.45, 7) is 4.52. The van der Waals surface area contributed by atoms with Crippen LogP contribution in [-0.2, 0) is 4.74 Å². The Balaban J connectivity index is 2.08. The molecule has 0 bridgehead atoms. The smallest absolute Gasteiger partial charge is 0.123 e. The molecule has 84 valence electrons. The van der Waals surface area contributed by atoms with Crippen LogP contribution in [0.1, 0.15) is 17.6 Å². The van der Waals surface area contributed by atoms with E-state index in [2.05, 4.69) is 10.6 Å². The molecule has 0 amide bonds. The number of furan rings is 1. The highest BCUT2D eigenvalue weighted by Gasteiger charge is 2.26.